The van der Waals surface area contributed by atoms with Gasteiger partial charge in [0.25, 0.3) is 0 Å². The summed E-state index contributed by atoms with van der Waals surface area (Å²) in [6, 6.07) is 2.14. The average molecular weight is 304 g/mol. The number of hydrogen-bond donors (Lipinski definition) is 1. The predicted molar refractivity (Wildman–Crippen MR) is 87.9 cm³/mol. The molecule has 1 N–H and O–H groups in total. The fourth-order valence-corrected chi connectivity index (χ4v) is 3.75. The Labute approximate surface area is 133 Å². The van der Waals surface area contributed by atoms with E-state index >= 15 is 0 Å². The van der Waals surface area contributed by atoms with E-state index in [0.717, 1.165) is 49.9 Å². The van der Waals surface area contributed by atoms with Gasteiger partial charge in [-0.2, -0.15) is 5.10 Å². The van der Waals surface area contributed by atoms with Crippen LogP contribution in [-0.2, 0) is 13.0 Å². The van der Waals surface area contributed by atoms with Gasteiger partial charge in [0.1, 0.15) is 0 Å². The van der Waals surface area contributed by atoms with Crippen molar-refractivity contribution in [1.29, 1.82) is 0 Å². The Morgan fingerprint density at radius 3 is 2.82 bits per heavy atom. The van der Waals surface area contributed by atoms with Crippen LogP contribution >= 0.6 is 0 Å². The van der Waals surface area contributed by atoms with E-state index in [1.165, 1.54) is 31.2 Å². The molecule has 3 rings (SSSR count). The minimum Gasteiger partial charge on any atom is -0.392 e. The minimum atomic E-state index is -0.187. The van der Waals surface area contributed by atoms with Gasteiger partial charge in [0, 0.05) is 40.2 Å². The van der Waals surface area contributed by atoms with Gasteiger partial charge in [0.15, 0.2) is 5.82 Å². The number of aromatic nitrogens is 2. The lowest BCUT2D eigenvalue weighted by atomic mass is 9.99. The largest absolute Gasteiger partial charge is 0.392 e. The van der Waals surface area contributed by atoms with Crippen molar-refractivity contribution in [3.05, 3.63) is 17.3 Å². The van der Waals surface area contributed by atoms with Crippen molar-refractivity contribution in [3.8, 4) is 0 Å². The van der Waals surface area contributed by atoms with Crippen molar-refractivity contribution in [2.45, 2.75) is 51.2 Å². The summed E-state index contributed by atoms with van der Waals surface area (Å²) in [7, 11) is 3.98. The second-order valence-corrected chi connectivity index (χ2v) is 7.09. The molecule has 1 aliphatic heterocycles. The lowest BCUT2D eigenvalue weighted by Crippen LogP contribution is -2.37. The number of anilines is 1. The molecule has 1 fully saturated rings. The fraction of sp³-hybridized carbons (Fsp3) is 0.765. The van der Waals surface area contributed by atoms with Crippen molar-refractivity contribution in [1.82, 2.24) is 15.1 Å². The zero-order chi connectivity index (χ0) is 15.5. The molecule has 0 spiro atoms. The van der Waals surface area contributed by atoms with E-state index in [0.29, 0.717) is 0 Å². The van der Waals surface area contributed by atoms with Crippen LogP contribution in [-0.4, -0.2) is 53.5 Å². The van der Waals surface area contributed by atoms with Crippen molar-refractivity contribution < 1.29 is 5.11 Å². The van der Waals surface area contributed by atoms with E-state index in [1.807, 2.05) is 19.0 Å². The number of fused-ring (bicyclic) bond motifs is 1. The maximum atomic E-state index is 10.4. The summed E-state index contributed by atoms with van der Waals surface area (Å²) in [5.74, 6) is 1.66. The first kappa shape index (κ1) is 15.7. The number of rotatable bonds is 5. The van der Waals surface area contributed by atoms with E-state index in [-0.39, 0.29) is 6.10 Å². The van der Waals surface area contributed by atoms with E-state index in [2.05, 4.69) is 21.2 Å². The predicted octanol–water partition coefficient (Wildman–Crippen LogP) is 1.84. The Hall–Kier alpha value is -1.20. The first-order valence-corrected chi connectivity index (χ1v) is 8.55. The Balaban J connectivity index is 1.57. The van der Waals surface area contributed by atoms with Crippen LogP contribution in [0.25, 0.3) is 0 Å². The third kappa shape index (κ3) is 3.76. The molecule has 1 aliphatic carbocycles. The first-order valence-electron chi connectivity index (χ1n) is 8.55. The van der Waals surface area contributed by atoms with E-state index < -0.39 is 0 Å². The molecule has 5 heteroatoms. The van der Waals surface area contributed by atoms with Crippen molar-refractivity contribution in [2.75, 3.05) is 32.1 Å². The number of aliphatic hydroxyl groups is 1. The van der Waals surface area contributed by atoms with Gasteiger partial charge in [0.2, 0.25) is 0 Å². The third-order valence-electron chi connectivity index (χ3n) is 5.01. The molecular formula is C17H28N4O. The summed E-state index contributed by atoms with van der Waals surface area (Å²) in [5.41, 5.74) is 2.38. The monoisotopic (exact) mass is 304 g/mol. The molecule has 1 saturated carbocycles. The Kier molecular flexibility index (Phi) is 4.93. The maximum Gasteiger partial charge on any atom is 0.151 e. The van der Waals surface area contributed by atoms with E-state index in [1.54, 1.807) is 0 Å². The summed E-state index contributed by atoms with van der Waals surface area (Å²) in [6.07, 6.45) is 7.03. The summed E-state index contributed by atoms with van der Waals surface area (Å²) >= 11 is 0. The van der Waals surface area contributed by atoms with Gasteiger partial charge < -0.3 is 10.0 Å². The number of β-amino-alcohol motifs (C(OH)–C–C–N with tert-alkyl or cyclic N) is 1. The normalized spacial score (nSPS) is 20.9. The maximum absolute atomic E-state index is 10.4. The minimum absolute atomic E-state index is 0.187. The highest BCUT2D eigenvalue weighted by Crippen LogP contribution is 2.29. The highest BCUT2D eigenvalue weighted by Gasteiger charge is 2.23. The highest BCUT2D eigenvalue weighted by molar-refractivity contribution is 5.40. The topological polar surface area (TPSA) is 52.5 Å². The number of nitrogens with zero attached hydrogens (tertiary/aromatic N) is 4. The molecule has 1 atom stereocenters. The molecule has 122 valence electrons. The first-order chi connectivity index (χ1) is 10.6. The standard InChI is InChI=1S/C17H28N4O/c1-20(2)17-10-14-11-21(8-7-16(14)18-19-17)12-15(22)9-13-5-3-4-6-13/h10,13,15,22H,3-9,11-12H2,1-2H3. The molecule has 22 heavy (non-hydrogen) atoms. The van der Waals surface area contributed by atoms with Gasteiger partial charge in [-0.25, -0.2) is 0 Å². The molecule has 1 aromatic heterocycles. The summed E-state index contributed by atoms with van der Waals surface area (Å²) in [5, 5.41) is 19.0. The van der Waals surface area contributed by atoms with E-state index in [9.17, 15) is 5.11 Å². The van der Waals surface area contributed by atoms with Gasteiger partial charge in [-0.15, -0.1) is 5.10 Å². The van der Waals surface area contributed by atoms with Crippen LogP contribution in [0.15, 0.2) is 6.07 Å². The van der Waals surface area contributed by atoms with Crippen LogP contribution in [0.5, 0.6) is 0 Å². The Morgan fingerprint density at radius 2 is 2.09 bits per heavy atom. The van der Waals surface area contributed by atoms with Crippen LogP contribution in [0.1, 0.15) is 43.4 Å². The Morgan fingerprint density at radius 1 is 1.32 bits per heavy atom. The lowest BCUT2D eigenvalue weighted by molar-refractivity contribution is 0.0849. The number of hydrogen-bond acceptors (Lipinski definition) is 5. The SMILES string of the molecule is CN(C)c1cc2c(nn1)CCN(CC(O)CC1CCCC1)C2. The van der Waals surface area contributed by atoms with E-state index in [4.69, 9.17) is 0 Å². The van der Waals surface area contributed by atoms with Crippen LogP contribution < -0.4 is 4.90 Å². The third-order valence-corrected chi connectivity index (χ3v) is 5.01. The zero-order valence-electron chi connectivity index (χ0n) is 13.8. The smallest absolute Gasteiger partial charge is 0.151 e. The highest BCUT2D eigenvalue weighted by atomic mass is 16.3. The quantitative estimate of drug-likeness (QED) is 0.899. The molecule has 1 unspecified atom stereocenters. The van der Waals surface area contributed by atoms with Crippen LogP contribution in [0.4, 0.5) is 5.82 Å². The van der Waals surface area contributed by atoms with Crippen molar-refractivity contribution in [2.24, 2.45) is 5.92 Å². The molecule has 1 aromatic rings. The fourth-order valence-electron chi connectivity index (χ4n) is 3.75. The second-order valence-electron chi connectivity index (χ2n) is 7.09. The van der Waals surface area contributed by atoms with Crippen molar-refractivity contribution in [3.63, 3.8) is 0 Å². The molecule has 0 radical (unpaired) electrons. The van der Waals surface area contributed by atoms with Gasteiger partial charge in [0.05, 0.1) is 11.8 Å². The summed E-state index contributed by atoms with van der Waals surface area (Å²) in [6.45, 7) is 2.65. The van der Waals surface area contributed by atoms with Gasteiger partial charge in [-0.05, 0) is 24.0 Å². The average Bonchev–Trinajstić information content (AvgIpc) is 2.99. The molecule has 0 bridgehead atoms. The molecule has 5 nitrogen and oxygen atoms in total. The Bertz CT molecular complexity index is 499. The molecule has 2 heterocycles. The molecule has 0 saturated heterocycles. The van der Waals surface area contributed by atoms with Gasteiger partial charge in [-0.1, -0.05) is 25.7 Å². The molecule has 0 aromatic carbocycles. The summed E-state index contributed by atoms with van der Waals surface area (Å²) < 4.78 is 0. The van der Waals surface area contributed by atoms with Crippen LogP contribution in [0.3, 0.4) is 0 Å². The van der Waals surface area contributed by atoms with Gasteiger partial charge in [-0.3, -0.25) is 4.90 Å². The van der Waals surface area contributed by atoms with Crippen LogP contribution in [0.2, 0.25) is 0 Å². The molecule has 2 aliphatic rings. The summed E-state index contributed by atoms with van der Waals surface area (Å²) in [4.78, 5) is 4.35. The van der Waals surface area contributed by atoms with Gasteiger partial charge >= 0.3 is 0 Å². The number of aliphatic hydroxyl groups excluding tert-OH is 1. The zero-order valence-corrected chi connectivity index (χ0v) is 13.8. The van der Waals surface area contributed by atoms with Crippen LogP contribution in [0, 0.1) is 5.92 Å². The second kappa shape index (κ2) is 6.92. The lowest BCUT2D eigenvalue weighted by Gasteiger charge is -2.30. The molecule has 0 amide bonds. The molecular weight excluding hydrogens is 276 g/mol. The van der Waals surface area contributed by atoms with Crippen molar-refractivity contribution >= 4 is 5.82 Å².